The summed E-state index contributed by atoms with van der Waals surface area (Å²) < 4.78 is 15.1. The van der Waals surface area contributed by atoms with E-state index in [4.69, 9.17) is 14.2 Å². The van der Waals surface area contributed by atoms with Gasteiger partial charge in [0.2, 0.25) is 0 Å². The minimum absolute atomic E-state index is 0.0452. The fourth-order valence-corrected chi connectivity index (χ4v) is 3.17. The van der Waals surface area contributed by atoms with Crippen molar-refractivity contribution in [3.8, 4) is 0 Å². The quantitative estimate of drug-likeness (QED) is 0.166. The fraction of sp³-hybridized carbons (Fsp3) is 0.632. The number of urea groups is 2. The van der Waals surface area contributed by atoms with Crippen molar-refractivity contribution in [1.29, 1.82) is 0 Å². The third kappa shape index (κ3) is 9.76. The summed E-state index contributed by atoms with van der Waals surface area (Å²) in [6.45, 7) is 3.03. The highest BCUT2D eigenvalue weighted by Gasteiger charge is 2.40. The maximum atomic E-state index is 12.9. The number of carbonyl (C=O) groups excluding carboxylic acids is 5. The Morgan fingerprint density at radius 3 is 1.24 bits per heavy atom. The van der Waals surface area contributed by atoms with E-state index < -0.39 is 30.0 Å². The van der Waals surface area contributed by atoms with Crippen LogP contribution in [0, 0.1) is 0 Å². The zero-order valence-electron chi connectivity index (χ0n) is 18.1. The summed E-state index contributed by atoms with van der Waals surface area (Å²) >= 11 is 11.9. The molecular weight excluding hydrogens is 494 g/mol. The first-order valence-electron chi connectivity index (χ1n) is 10.2. The maximum absolute atomic E-state index is 12.9. The highest BCUT2D eigenvalue weighted by molar-refractivity contribution is 7.80. The third-order valence-electron chi connectivity index (χ3n) is 4.23. The SMILES string of the molecule is C=C1N(CCOC(=O)CCS)C(=O)N(CCOC(=O)CCS)C(=O)N1CCOC(=O)CCS. The summed E-state index contributed by atoms with van der Waals surface area (Å²) in [6.07, 6.45) is 0.323. The van der Waals surface area contributed by atoms with Crippen LogP contribution < -0.4 is 0 Å². The topological polar surface area (TPSA) is 123 Å². The van der Waals surface area contributed by atoms with Crippen molar-refractivity contribution in [2.75, 3.05) is 56.7 Å². The van der Waals surface area contributed by atoms with Crippen molar-refractivity contribution in [3.05, 3.63) is 12.4 Å². The Kier molecular flexibility index (Phi) is 13.8. The first kappa shape index (κ1) is 29.0. The second-order valence-corrected chi connectivity index (χ2v) is 7.86. The largest absolute Gasteiger partial charge is 0.464 e. The van der Waals surface area contributed by atoms with Crippen LogP contribution in [0.1, 0.15) is 19.3 Å². The van der Waals surface area contributed by atoms with Crippen LogP contribution in [0.5, 0.6) is 0 Å². The lowest BCUT2D eigenvalue weighted by atomic mass is 10.3. The number of ether oxygens (including phenoxy) is 3. The van der Waals surface area contributed by atoms with Crippen LogP contribution in [-0.2, 0) is 28.6 Å². The zero-order valence-corrected chi connectivity index (χ0v) is 20.8. The Morgan fingerprint density at radius 2 is 0.939 bits per heavy atom. The van der Waals surface area contributed by atoms with Crippen molar-refractivity contribution in [1.82, 2.24) is 14.7 Å². The first-order valence-corrected chi connectivity index (χ1v) is 12.0. The molecule has 1 heterocycles. The maximum Gasteiger partial charge on any atom is 0.333 e. The van der Waals surface area contributed by atoms with Crippen LogP contribution >= 0.6 is 37.9 Å². The summed E-state index contributed by atoms with van der Waals surface area (Å²) in [5.41, 5.74) is 0. The van der Waals surface area contributed by atoms with Crippen LogP contribution in [0.15, 0.2) is 12.4 Å². The monoisotopic (exact) mass is 523 g/mol. The Balaban J connectivity index is 2.85. The molecule has 0 bridgehead atoms. The summed E-state index contributed by atoms with van der Waals surface area (Å²) in [5.74, 6) is -0.464. The molecule has 4 amide bonds. The lowest BCUT2D eigenvalue weighted by Gasteiger charge is -2.42. The van der Waals surface area contributed by atoms with Crippen molar-refractivity contribution in [2.24, 2.45) is 0 Å². The van der Waals surface area contributed by atoms with Gasteiger partial charge in [0.15, 0.2) is 0 Å². The molecule has 0 aromatic carbocycles. The first-order chi connectivity index (χ1) is 15.8. The molecule has 0 aliphatic carbocycles. The van der Waals surface area contributed by atoms with Crippen molar-refractivity contribution >= 4 is 67.9 Å². The van der Waals surface area contributed by atoms with Gasteiger partial charge in [0.05, 0.1) is 38.9 Å². The molecule has 1 saturated heterocycles. The lowest BCUT2D eigenvalue weighted by Crippen LogP contribution is -2.60. The molecule has 1 rings (SSSR count). The molecule has 1 aliphatic rings. The normalized spacial score (nSPS) is 13.9. The molecule has 0 aromatic rings. The Labute approximate surface area is 209 Å². The fourth-order valence-electron chi connectivity index (χ4n) is 2.62. The van der Waals surface area contributed by atoms with Gasteiger partial charge in [-0.25, -0.2) is 14.5 Å². The molecular formula is C19H29N3O8S3. The number of esters is 3. The minimum atomic E-state index is -0.705. The second kappa shape index (κ2) is 15.7. The van der Waals surface area contributed by atoms with Crippen molar-refractivity contribution < 1.29 is 38.2 Å². The van der Waals surface area contributed by atoms with Crippen LogP contribution in [-0.4, -0.2) is 101 Å². The highest BCUT2D eigenvalue weighted by Crippen LogP contribution is 2.21. The van der Waals surface area contributed by atoms with E-state index in [9.17, 15) is 24.0 Å². The summed E-state index contributed by atoms with van der Waals surface area (Å²) in [5, 5.41) is 0. The summed E-state index contributed by atoms with van der Waals surface area (Å²) in [4.78, 5) is 63.7. The molecule has 11 nitrogen and oxygen atoms in total. The number of amides is 4. The highest BCUT2D eigenvalue weighted by atomic mass is 32.1. The van der Waals surface area contributed by atoms with Gasteiger partial charge in [-0.1, -0.05) is 6.58 Å². The molecule has 0 saturated carbocycles. The van der Waals surface area contributed by atoms with E-state index in [-0.39, 0.29) is 64.5 Å². The molecule has 14 heteroatoms. The van der Waals surface area contributed by atoms with E-state index in [1.54, 1.807) is 0 Å². The van der Waals surface area contributed by atoms with E-state index in [1.165, 1.54) is 9.80 Å². The van der Waals surface area contributed by atoms with Gasteiger partial charge in [-0.2, -0.15) is 37.9 Å². The Bertz CT molecular complexity index is 624. The smallest absolute Gasteiger partial charge is 0.333 e. The number of hydrogen-bond donors (Lipinski definition) is 3. The van der Waals surface area contributed by atoms with Gasteiger partial charge in [0.25, 0.3) is 0 Å². The van der Waals surface area contributed by atoms with Gasteiger partial charge in [-0.3, -0.25) is 24.2 Å². The zero-order chi connectivity index (χ0) is 24.8. The van der Waals surface area contributed by atoms with E-state index in [0.29, 0.717) is 17.3 Å². The van der Waals surface area contributed by atoms with Gasteiger partial charge in [-0.15, -0.1) is 0 Å². The van der Waals surface area contributed by atoms with E-state index in [2.05, 4.69) is 44.5 Å². The molecule has 0 atom stereocenters. The van der Waals surface area contributed by atoms with Crippen molar-refractivity contribution in [2.45, 2.75) is 19.3 Å². The third-order valence-corrected chi connectivity index (χ3v) is 4.90. The van der Waals surface area contributed by atoms with Gasteiger partial charge in [-0.05, 0) is 0 Å². The van der Waals surface area contributed by atoms with Crippen LogP contribution in [0.25, 0.3) is 0 Å². The number of thiol groups is 3. The number of nitrogens with zero attached hydrogens (tertiary/aromatic N) is 3. The number of hydrogen-bond acceptors (Lipinski definition) is 11. The molecule has 0 aromatic heterocycles. The molecule has 0 radical (unpaired) electrons. The van der Waals surface area contributed by atoms with Gasteiger partial charge >= 0.3 is 30.0 Å². The predicted octanol–water partition coefficient (Wildman–Crippen LogP) is 1.21. The minimum Gasteiger partial charge on any atom is -0.464 e. The van der Waals surface area contributed by atoms with E-state index in [1.807, 2.05) is 0 Å². The molecule has 0 N–H and O–H groups in total. The van der Waals surface area contributed by atoms with Crippen LogP contribution in [0.4, 0.5) is 9.59 Å². The molecule has 1 fully saturated rings. The molecule has 0 unspecified atom stereocenters. The lowest BCUT2D eigenvalue weighted by molar-refractivity contribution is -0.143. The summed E-state index contributed by atoms with van der Waals surface area (Å²) in [7, 11) is 0. The standard InChI is InChI=1S/C19H29N3O8S3/c1-14-20(5-8-28-15(23)2-11-31)18(26)22(7-10-30-17(25)4-13-33)19(27)21(14)6-9-29-16(24)3-12-32/h31-33H,1-13H2. The van der Waals surface area contributed by atoms with Gasteiger partial charge < -0.3 is 14.2 Å². The van der Waals surface area contributed by atoms with Gasteiger partial charge in [0, 0.05) is 17.3 Å². The second-order valence-electron chi connectivity index (χ2n) is 6.52. The average molecular weight is 524 g/mol. The molecule has 186 valence electrons. The molecule has 33 heavy (non-hydrogen) atoms. The number of rotatable bonds is 15. The van der Waals surface area contributed by atoms with E-state index in [0.717, 1.165) is 4.90 Å². The number of carbonyl (C=O) groups is 5. The molecule has 1 aliphatic heterocycles. The van der Waals surface area contributed by atoms with Crippen LogP contribution in [0.3, 0.4) is 0 Å². The van der Waals surface area contributed by atoms with Gasteiger partial charge in [0.1, 0.15) is 25.6 Å². The Hall–Kier alpha value is -2.06. The van der Waals surface area contributed by atoms with E-state index >= 15 is 0 Å². The predicted molar refractivity (Wildman–Crippen MR) is 128 cm³/mol. The summed E-state index contributed by atoms with van der Waals surface area (Å²) in [6, 6.07) is -1.41. The van der Waals surface area contributed by atoms with Crippen LogP contribution in [0.2, 0.25) is 0 Å². The van der Waals surface area contributed by atoms with Crippen molar-refractivity contribution in [3.63, 3.8) is 0 Å². The Morgan fingerprint density at radius 1 is 0.636 bits per heavy atom. The molecule has 0 spiro atoms. The number of imide groups is 1. The average Bonchev–Trinajstić information content (AvgIpc) is 2.76.